The first-order valence-corrected chi connectivity index (χ1v) is 20.6. The van der Waals surface area contributed by atoms with Gasteiger partial charge < -0.3 is 45.6 Å². The molecule has 3 heterocycles. The van der Waals surface area contributed by atoms with E-state index in [1.807, 2.05) is 30.3 Å². The standard InChI is InChI=1S/C47H54N2O10/c1-26(50)24-49-37-17-31(15-33(18-37)42(54)25-48-3)29-7-8-30-22-45(55)58-43-23-41(53)34(20-39(30)43)21-44-47(2,57)36-9-10-40(52)32(16-36)12-27-5-4-6-28(11-27)13-38(51)19-35(14-29)46(56)59-44/h4-6,11,15,17-20,23,26,29-30,32,36,38,42,44,48-51,53-54,57H,9-10,12-14,16,21-22,24-25H2,1-3H3. The molecule has 0 amide bonds. The second-order valence-electron chi connectivity index (χ2n) is 16.9. The summed E-state index contributed by atoms with van der Waals surface area (Å²) in [4.78, 5) is 41.0. The number of ketones is 1. The molecule has 7 rings (SSSR count). The highest BCUT2D eigenvalue weighted by Crippen LogP contribution is 2.43. The Hall–Kier alpha value is -5.03. The number of benzene rings is 3. The minimum Gasteiger partial charge on any atom is -0.508 e. The molecule has 312 valence electrons. The van der Waals surface area contributed by atoms with Gasteiger partial charge in [0, 0.05) is 67.1 Å². The van der Waals surface area contributed by atoms with Crippen molar-refractivity contribution in [3.63, 3.8) is 0 Å². The second-order valence-corrected chi connectivity index (χ2v) is 16.9. The van der Waals surface area contributed by atoms with Crippen molar-refractivity contribution in [1.82, 2.24) is 5.32 Å². The number of fused-ring (bicyclic) bond motifs is 8. The zero-order valence-corrected chi connectivity index (χ0v) is 33.7. The molecule has 0 spiro atoms. The van der Waals surface area contributed by atoms with Gasteiger partial charge in [-0.15, -0.1) is 0 Å². The van der Waals surface area contributed by atoms with Gasteiger partial charge in [-0.1, -0.05) is 42.2 Å². The molecule has 0 saturated heterocycles. The summed E-state index contributed by atoms with van der Waals surface area (Å²) in [6.07, 6.45) is -1.12. The number of carbonyl (C=O) groups excluding carboxylic acids is 3. The Bertz CT molecular complexity index is 2180. The van der Waals surface area contributed by atoms with Gasteiger partial charge in [0.05, 0.1) is 30.7 Å². The fourth-order valence-corrected chi connectivity index (χ4v) is 8.95. The van der Waals surface area contributed by atoms with Crippen molar-refractivity contribution in [3.8, 4) is 23.3 Å². The highest BCUT2D eigenvalue weighted by molar-refractivity contribution is 5.89. The maximum atomic E-state index is 14.8. The van der Waals surface area contributed by atoms with Crippen LogP contribution in [0.25, 0.3) is 0 Å². The van der Waals surface area contributed by atoms with Gasteiger partial charge in [-0.05, 0) is 105 Å². The summed E-state index contributed by atoms with van der Waals surface area (Å²) in [5.41, 5.74) is 2.86. The van der Waals surface area contributed by atoms with Crippen molar-refractivity contribution >= 4 is 23.4 Å². The Balaban J connectivity index is 1.42. The van der Waals surface area contributed by atoms with Crippen molar-refractivity contribution in [1.29, 1.82) is 0 Å². The number of rotatable bonds is 7. The second kappa shape index (κ2) is 17.7. The Morgan fingerprint density at radius 1 is 0.932 bits per heavy atom. The van der Waals surface area contributed by atoms with Crippen molar-refractivity contribution in [2.75, 3.05) is 25.5 Å². The Labute approximate surface area is 344 Å². The van der Waals surface area contributed by atoms with Crippen LogP contribution in [0.4, 0.5) is 5.69 Å². The van der Waals surface area contributed by atoms with E-state index >= 15 is 0 Å². The Morgan fingerprint density at radius 3 is 2.46 bits per heavy atom. The summed E-state index contributed by atoms with van der Waals surface area (Å²) in [5.74, 6) is 3.13. The van der Waals surface area contributed by atoms with Crippen LogP contribution in [-0.4, -0.2) is 87.3 Å². The zero-order valence-electron chi connectivity index (χ0n) is 33.7. The van der Waals surface area contributed by atoms with E-state index in [4.69, 9.17) is 9.47 Å². The van der Waals surface area contributed by atoms with Crippen LogP contribution in [0.2, 0.25) is 0 Å². The number of aliphatic hydroxyl groups excluding tert-OH is 3. The van der Waals surface area contributed by atoms with Crippen molar-refractivity contribution in [3.05, 3.63) is 99.6 Å². The molecule has 12 heteroatoms. The molecule has 3 aromatic rings. The number of carbonyl (C=O) groups is 3. The molecule has 59 heavy (non-hydrogen) atoms. The lowest BCUT2D eigenvalue weighted by Gasteiger charge is -2.42. The topological polar surface area (TPSA) is 195 Å². The summed E-state index contributed by atoms with van der Waals surface area (Å²) < 4.78 is 12.0. The van der Waals surface area contributed by atoms with E-state index in [9.17, 15) is 39.9 Å². The SMILES string of the molecule is CNCC(O)c1cc(NCC(C)O)cc(C2C#CC3CC(=O)Oc4cc(O)c(cc43)CC3OC(=O)C(=CC(O)Cc4cccc(c4)CC4CC(CCC4=O)C3(C)O)C2)c1. The number of esters is 2. The molecule has 3 aliphatic heterocycles. The third-order valence-corrected chi connectivity index (χ3v) is 12.3. The molecule has 12 nitrogen and oxygen atoms in total. The van der Waals surface area contributed by atoms with Crippen molar-refractivity contribution < 1.29 is 49.4 Å². The van der Waals surface area contributed by atoms with E-state index in [0.717, 1.165) is 11.1 Å². The summed E-state index contributed by atoms with van der Waals surface area (Å²) in [5, 5.41) is 63.1. The minimum atomic E-state index is -1.67. The first-order valence-electron chi connectivity index (χ1n) is 20.6. The lowest BCUT2D eigenvalue weighted by molar-refractivity contribution is -0.170. The molecule has 9 atom stereocenters. The molecule has 1 aliphatic carbocycles. The molecule has 1 fully saturated rings. The van der Waals surface area contributed by atoms with Gasteiger partial charge in [0.2, 0.25) is 0 Å². The van der Waals surface area contributed by atoms with Gasteiger partial charge in [0.15, 0.2) is 0 Å². The molecular formula is C47H54N2O10. The average Bonchev–Trinajstić information content (AvgIpc) is 3.19. The number of likely N-dealkylation sites (N-methyl/N-ethyl adjacent to an activating group) is 1. The maximum Gasteiger partial charge on any atom is 0.334 e. The smallest absolute Gasteiger partial charge is 0.334 e. The fraction of sp³-hybridized carbons (Fsp3) is 0.468. The molecule has 1 saturated carbocycles. The van der Waals surface area contributed by atoms with Crippen LogP contribution in [0.1, 0.15) is 97.3 Å². The van der Waals surface area contributed by atoms with E-state index in [2.05, 4.69) is 22.5 Å². The lowest BCUT2D eigenvalue weighted by atomic mass is 9.68. The predicted molar refractivity (Wildman–Crippen MR) is 220 cm³/mol. The first-order chi connectivity index (χ1) is 28.2. The van der Waals surface area contributed by atoms with Gasteiger partial charge in [0.25, 0.3) is 0 Å². The number of aromatic hydroxyl groups is 1. The van der Waals surface area contributed by atoms with Gasteiger partial charge in [-0.3, -0.25) is 9.59 Å². The number of hydrogen-bond acceptors (Lipinski definition) is 12. The molecule has 0 radical (unpaired) electrons. The minimum absolute atomic E-state index is 0.0634. The predicted octanol–water partition coefficient (Wildman–Crippen LogP) is 4.30. The van der Waals surface area contributed by atoms with Gasteiger partial charge in [-0.25, -0.2) is 4.79 Å². The number of hydrogen-bond donors (Lipinski definition) is 7. The first kappa shape index (κ1) is 42.1. The molecule has 7 N–H and O–H groups in total. The van der Waals surface area contributed by atoms with Crippen LogP contribution in [0.3, 0.4) is 0 Å². The van der Waals surface area contributed by atoms with Crippen molar-refractivity contribution in [2.45, 2.75) is 107 Å². The van der Waals surface area contributed by atoms with E-state index in [1.165, 1.54) is 12.1 Å². The zero-order chi connectivity index (χ0) is 42.0. The van der Waals surface area contributed by atoms with Crippen LogP contribution in [0.15, 0.2) is 66.2 Å². The number of anilines is 1. The van der Waals surface area contributed by atoms with Gasteiger partial charge in [0.1, 0.15) is 29.0 Å². The van der Waals surface area contributed by atoms with Crippen LogP contribution in [-0.2, 0) is 38.4 Å². The van der Waals surface area contributed by atoms with E-state index in [1.54, 1.807) is 39.1 Å². The molecule has 9 unspecified atom stereocenters. The normalized spacial score (nSPS) is 28.1. The summed E-state index contributed by atoms with van der Waals surface area (Å²) in [7, 11) is 1.73. The monoisotopic (exact) mass is 806 g/mol. The highest BCUT2D eigenvalue weighted by Gasteiger charge is 2.46. The molecule has 4 aliphatic rings. The fourth-order valence-electron chi connectivity index (χ4n) is 8.95. The number of ether oxygens (including phenoxy) is 2. The van der Waals surface area contributed by atoms with Gasteiger partial charge >= 0.3 is 11.9 Å². The Kier molecular flexibility index (Phi) is 12.6. The lowest BCUT2D eigenvalue weighted by Crippen LogP contribution is -2.52. The average molecular weight is 807 g/mol. The molecule has 8 bridgehead atoms. The van der Waals surface area contributed by atoms with E-state index < -0.39 is 59.7 Å². The summed E-state index contributed by atoms with van der Waals surface area (Å²) >= 11 is 0. The number of phenols is 1. The Morgan fingerprint density at radius 2 is 1.69 bits per heavy atom. The third kappa shape index (κ3) is 9.72. The van der Waals surface area contributed by atoms with Gasteiger partial charge in [-0.2, -0.15) is 0 Å². The molecule has 3 aromatic carbocycles. The van der Waals surface area contributed by atoms with Crippen LogP contribution >= 0.6 is 0 Å². The highest BCUT2D eigenvalue weighted by atomic mass is 16.6. The van der Waals surface area contributed by atoms with Crippen LogP contribution < -0.4 is 15.4 Å². The maximum absolute atomic E-state index is 14.8. The van der Waals surface area contributed by atoms with Crippen molar-refractivity contribution in [2.24, 2.45) is 11.8 Å². The largest absolute Gasteiger partial charge is 0.508 e. The van der Waals surface area contributed by atoms with E-state index in [-0.39, 0.29) is 74.0 Å². The number of Topliss-reactive ketones (excluding diaryl/α,β-unsaturated/α-hetero) is 1. The summed E-state index contributed by atoms with van der Waals surface area (Å²) in [6.45, 7) is 3.73. The third-order valence-electron chi connectivity index (χ3n) is 12.3. The summed E-state index contributed by atoms with van der Waals surface area (Å²) in [6, 6.07) is 16.2. The quantitative estimate of drug-likeness (QED) is 0.102. The number of nitrogens with one attached hydrogen (secondary N) is 2. The van der Waals surface area contributed by atoms with Crippen LogP contribution in [0, 0.1) is 23.7 Å². The van der Waals surface area contributed by atoms with Crippen LogP contribution in [0.5, 0.6) is 11.5 Å². The number of phenolic OH excluding ortho intramolecular Hbond substituents is 1. The molecule has 0 aromatic heterocycles. The van der Waals surface area contributed by atoms with E-state index in [0.29, 0.717) is 47.2 Å². The molecular weight excluding hydrogens is 753 g/mol. The number of aliphatic hydroxyl groups is 4.